The van der Waals surface area contributed by atoms with E-state index >= 15 is 0 Å². The summed E-state index contributed by atoms with van der Waals surface area (Å²) in [5.41, 5.74) is 8.38. The number of Topliss-reactive ketones (excluding diaryl/α,β-unsaturated/α-hetero) is 1. The maximum Gasteiger partial charge on any atom is 0.183 e. The Labute approximate surface area is 207 Å². The molecule has 192 valence electrons. The number of carbonyl (C=O) groups is 1. The van der Waals surface area contributed by atoms with Crippen molar-refractivity contribution in [2.24, 2.45) is 10.9 Å². The molecule has 3 rings (SSSR count). The summed E-state index contributed by atoms with van der Waals surface area (Å²) in [6.07, 6.45) is 0.116. The lowest BCUT2D eigenvalue weighted by Crippen LogP contribution is -2.40. The monoisotopic (exact) mass is 506 g/mol. The third kappa shape index (κ3) is 7.27. The third-order valence-corrected chi connectivity index (χ3v) is 7.59. The molecule has 2 aromatic carbocycles. The lowest BCUT2D eigenvalue weighted by molar-refractivity contribution is -0.116. The van der Waals surface area contributed by atoms with Gasteiger partial charge in [-0.05, 0) is 40.7 Å². The fourth-order valence-electron chi connectivity index (χ4n) is 3.98. The summed E-state index contributed by atoms with van der Waals surface area (Å²) in [5, 5.41) is 0. The van der Waals surface area contributed by atoms with E-state index in [-0.39, 0.29) is 59.4 Å². The van der Waals surface area contributed by atoms with Crippen molar-refractivity contribution in [3.8, 4) is 5.75 Å². The number of rotatable bonds is 8. The number of ether oxygens (including phenoxy) is 2. The molecule has 1 aliphatic rings. The summed E-state index contributed by atoms with van der Waals surface area (Å²) in [6.45, 7) is 7.14. The number of nitrogens with two attached hydrogens (primary N) is 1. The highest BCUT2D eigenvalue weighted by Crippen LogP contribution is 2.45. The minimum Gasteiger partial charge on any atom is -0.489 e. The highest BCUT2D eigenvalue weighted by molar-refractivity contribution is 8.25. The maximum atomic E-state index is 14.4. The molecule has 9 heteroatoms. The van der Waals surface area contributed by atoms with E-state index in [9.17, 15) is 18.3 Å². The Morgan fingerprint density at radius 1 is 1.17 bits per heavy atom. The minimum atomic E-state index is -3.03. The largest absolute Gasteiger partial charge is 0.489 e. The summed E-state index contributed by atoms with van der Waals surface area (Å²) in [6, 6.07) is 10.8. The number of halogens is 1. The van der Waals surface area contributed by atoms with Crippen molar-refractivity contribution in [3.05, 3.63) is 58.9 Å². The second-order valence-electron chi connectivity index (χ2n) is 9.92. The van der Waals surface area contributed by atoms with Gasteiger partial charge in [-0.3, -0.25) is 18.9 Å². The number of hydrogen-bond donors (Lipinski definition) is 3. The lowest BCUT2D eigenvalue weighted by atomic mass is 9.86. The minimum absolute atomic E-state index is 0.0229. The molecule has 0 spiro atoms. The van der Waals surface area contributed by atoms with Crippen LogP contribution >= 0.6 is 10.6 Å². The molecule has 0 aromatic heterocycles. The van der Waals surface area contributed by atoms with Gasteiger partial charge >= 0.3 is 0 Å². The van der Waals surface area contributed by atoms with Crippen LogP contribution in [-0.2, 0) is 27.9 Å². The van der Waals surface area contributed by atoms with Gasteiger partial charge in [0.1, 0.15) is 23.9 Å². The van der Waals surface area contributed by atoms with Gasteiger partial charge in [0, 0.05) is 18.8 Å². The quantitative estimate of drug-likeness (QED) is 0.348. The number of anilines is 1. The first-order chi connectivity index (χ1) is 16.4. The molecule has 35 heavy (non-hydrogen) atoms. The van der Waals surface area contributed by atoms with Crippen molar-refractivity contribution < 1.29 is 27.8 Å². The Kier molecular flexibility index (Phi) is 8.58. The van der Waals surface area contributed by atoms with Gasteiger partial charge in [0.05, 0.1) is 24.6 Å². The zero-order chi connectivity index (χ0) is 25.8. The Morgan fingerprint density at radius 3 is 2.60 bits per heavy atom. The summed E-state index contributed by atoms with van der Waals surface area (Å²) >= 11 is 0. The Bertz CT molecular complexity index is 1100. The van der Waals surface area contributed by atoms with Crippen molar-refractivity contribution in [1.82, 2.24) is 0 Å². The first-order valence-corrected chi connectivity index (χ1v) is 13.4. The van der Waals surface area contributed by atoms with Gasteiger partial charge in [0.15, 0.2) is 5.78 Å². The summed E-state index contributed by atoms with van der Waals surface area (Å²) in [4.78, 5) is 17.7. The molecule has 4 N–H and O–H groups in total. The molecule has 1 atom stereocenters. The molecule has 0 radical (unpaired) electrons. The van der Waals surface area contributed by atoms with Crippen LogP contribution in [0.3, 0.4) is 0 Å². The number of carbonyl (C=O) groups excluding carboxylic acids is 1. The number of methoxy groups -OCH3 is 1. The van der Waals surface area contributed by atoms with Crippen molar-refractivity contribution in [2.45, 2.75) is 39.2 Å². The predicted octanol–water partition coefficient (Wildman–Crippen LogP) is 4.86. The van der Waals surface area contributed by atoms with Crippen LogP contribution in [0.2, 0.25) is 0 Å². The number of aliphatic imine (C=N–C) groups is 1. The van der Waals surface area contributed by atoms with Gasteiger partial charge < -0.3 is 15.2 Å². The van der Waals surface area contributed by atoms with Crippen LogP contribution in [0.25, 0.3) is 0 Å². The van der Waals surface area contributed by atoms with Gasteiger partial charge in [0.2, 0.25) is 0 Å². The topological polar surface area (TPSA) is 114 Å². The smallest absolute Gasteiger partial charge is 0.183 e. The molecule has 0 saturated carbocycles. The zero-order valence-corrected chi connectivity index (χ0v) is 21.5. The van der Waals surface area contributed by atoms with Gasteiger partial charge in [0.25, 0.3) is 0 Å². The van der Waals surface area contributed by atoms with E-state index < -0.39 is 22.3 Å². The SMILES string of the molecule is COCCOc1cc(C[C@@H]2CS(O)(O)CC(=NCc3cccc(C(C)(C)C)c3)C2=O)cc(F)c1N. The van der Waals surface area contributed by atoms with E-state index in [2.05, 4.69) is 31.8 Å². The molecule has 0 bridgehead atoms. The number of hydrogen-bond acceptors (Lipinski definition) is 7. The molecule has 2 aromatic rings. The fourth-order valence-corrected chi connectivity index (χ4v) is 5.69. The summed E-state index contributed by atoms with van der Waals surface area (Å²) in [7, 11) is -1.51. The lowest BCUT2D eigenvalue weighted by Gasteiger charge is -2.39. The average molecular weight is 507 g/mol. The Hall–Kier alpha value is -2.46. The van der Waals surface area contributed by atoms with Crippen LogP contribution < -0.4 is 10.5 Å². The van der Waals surface area contributed by atoms with E-state index in [1.54, 1.807) is 6.07 Å². The van der Waals surface area contributed by atoms with Crippen molar-refractivity contribution >= 4 is 27.8 Å². The third-order valence-electron chi connectivity index (χ3n) is 5.92. The van der Waals surface area contributed by atoms with Gasteiger partial charge in [-0.2, -0.15) is 10.6 Å². The van der Waals surface area contributed by atoms with E-state index in [1.165, 1.54) is 13.2 Å². The molecule has 1 saturated heterocycles. The predicted molar refractivity (Wildman–Crippen MR) is 139 cm³/mol. The van der Waals surface area contributed by atoms with Crippen LogP contribution in [0, 0.1) is 11.7 Å². The first-order valence-electron chi connectivity index (χ1n) is 11.5. The van der Waals surface area contributed by atoms with Crippen molar-refractivity contribution in [3.63, 3.8) is 0 Å². The van der Waals surface area contributed by atoms with Crippen LogP contribution in [0.15, 0.2) is 41.4 Å². The standard InChI is InChI=1S/C26H35FN2O5S/c1-26(2,3)20-7-5-6-17(11-20)14-29-22-16-35(31,32)15-19(25(22)30)10-18-12-21(27)24(28)23(13-18)34-9-8-33-4/h5-7,11-13,19,31-32H,8-10,14-16,28H2,1-4H3/t19-/m1/s1. The van der Waals surface area contributed by atoms with Crippen LogP contribution in [0.4, 0.5) is 10.1 Å². The van der Waals surface area contributed by atoms with E-state index in [0.717, 1.165) is 11.1 Å². The number of nitrogen functional groups attached to an aromatic ring is 1. The first kappa shape index (κ1) is 27.1. The fraction of sp³-hybridized carbons (Fsp3) is 0.462. The molecular weight excluding hydrogens is 471 g/mol. The Balaban J connectivity index is 1.80. The number of nitrogens with zero attached hydrogens (tertiary/aromatic N) is 1. The van der Waals surface area contributed by atoms with Crippen LogP contribution in [0.1, 0.15) is 37.5 Å². The highest BCUT2D eigenvalue weighted by Gasteiger charge is 2.36. The molecular formula is C26H35FN2O5S. The molecule has 1 aliphatic heterocycles. The Morgan fingerprint density at radius 2 is 1.91 bits per heavy atom. The average Bonchev–Trinajstić information content (AvgIpc) is 2.77. The summed E-state index contributed by atoms with van der Waals surface area (Å²) in [5.74, 6) is -1.72. The number of ketones is 1. The maximum absolute atomic E-state index is 14.4. The molecule has 1 heterocycles. The van der Waals surface area contributed by atoms with Crippen LogP contribution in [0.5, 0.6) is 5.75 Å². The summed E-state index contributed by atoms with van der Waals surface area (Å²) < 4.78 is 45.9. The van der Waals surface area contributed by atoms with Gasteiger partial charge in [-0.1, -0.05) is 45.0 Å². The molecule has 7 nitrogen and oxygen atoms in total. The molecule has 1 fully saturated rings. The number of benzene rings is 2. The second kappa shape index (κ2) is 11.1. The van der Waals surface area contributed by atoms with Crippen molar-refractivity contribution in [1.29, 1.82) is 0 Å². The normalized spacial score (nSPS) is 20.1. The molecule has 0 aliphatic carbocycles. The van der Waals surface area contributed by atoms with E-state index in [1.807, 2.05) is 18.2 Å². The second-order valence-corrected chi connectivity index (χ2v) is 12.1. The van der Waals surface area contributed by atoms with Crippen LogP contribution in [-0.4, -0.2) is 52.4 Å². The van der Waals surface area contributed by atoms with Gasteiger partial charge in [-0.15, -0.1) is 0 Å². The van der Waals surface area contributed by atoms with Gasteiger partial charge in [-0.25, -0.2) is 4.39 Å². The van der Waals surface area contributed by atoms with Crippen molar-refractivity contribution in [2.75, 3.05) is 37.6 Å². The highest BCUT2D eigenvalue weighted by atomic mass is 32.3. The molecule has 0 unspecified atom stereocenters. The van der Waals surface area contributed by atoms with E-state index in [4.69, 9.17) is 15.2 Å². The van der Waals surface area contributed by atoms with E-state index in [0.29, 0.717) is 12.2 Å². The zero-order valence-electron chi connectivity index (χ0n) is 20.7. The molecule has 0 amide bonds.